The van der Waals surface area contributed by atoms with E-state index in [1.807, 2.05) is 24.3 Å². The maximum atomic E-state index is 12.7. The lowest BCUT2D eigenvalue weighted by Crippen LogP contribution is -2.56. The Hall–Kier alpha value is -3.35. The molecule has 2 fully saturated rings. The highest BCUT2D eigenvalue weighted by Gasteiger charge is 2.41. The Morgan fingerprint density at radius 2 is 1.90 bits per heavy atom. The molecule has 2 aromatic rings. The van der Waals surface area contributed by atoms with Crippen LogP contribution in [0.1, 0.15) is 28.8 Å². The number of amides is 3. The van der Waals surface area contributed by atoms with Crippen molar-refractivity contribution >= 4 is 23.4 Å². The fourth-order valence-corrected chi connectivity index (χ4v) is 3.92. The Kier molecular flexibility index (Phi) is 5.20. The molecule has 2 heterocycles. The predicted octanol–water partition coefficient (Wildman–Crippen LogP) is 2.28. The van der Waals surface area contributed by atoms with Gasteiger partial charge in [-0.2, -0.15) is 0 Å². The third-order valence-electron chi connectivity index (χ3n) is 5.44. The molecule has 0 bridgehead atoms. The van der Waals surface area contributed by atoms with Crippen molar-refractivity contribution in [3.05, 3.63) is 59.7 Å². The van der Waals surface area contributed by atoms with Crippen LogP contribution >= 0.6 is 0 Å². The number of hydrogen-bond donors (Lipinski definition) is 1. The maximum absolute atomic E-state index is 12.7. The van der Waals surface area contributed by atoms with Crippen molar-refractivity contribution in [3.63, 3.8) is 0 Å². The van der Waals surface area contributed by atoms with Crippen LogP contribution in [0.25, 0.3) is 0 Å². The summed E-state index contributed by atoms with van der Waals surface area (Å²) in [6, 6.07) is 14.0. The maximum Gasteiger partial charge on any atom is 0.255 e. The molecule has 0 aliphatic carbocycles. The van der Waals surface area contributed by atoms with Gasteiger partial charge in [0.15, 0.2) is 0 Å². The number of ether oxygens (including phenoxy) is 1. The summed E-state index contributed by atoms with van der Waals surface area (Å²) in [5.41, 5.74) is 1.98. The molecular formula is C22H23N3O4. The van der Waals surface area contributed by atoms with Crippen LogP contribution < -0.4 is 10.1 Å². The molecule has 0 aromatic heterocycles. The van der Waals surface area contributed by atoms with Gasteiger partial charge < -0.3 is 19.9 Å². The zero-order valence-corrected chi connectivity index (χ0v) is 16.3. The molecule has 0 unspecified atom stereocenters. The Bertz CT molecular complexity index is 941. The van der Waals surface area contributed by atoms with Crippen molar-refractivity contribution in [2.45, 2.75) is 25.4 Å². The molecule has 4 rings (SSSR count). The van der Waals surface area contributed by atoms with Crippen LogP contribution in [-0.2, 0) is 16.1 Å². The van der Waals surface area contributed by atoms with Gasteiger partial charge in [-0.1, -0.05) is 24.3 Å². The van der Waals surface area contributed by atoms with E-state index in [-0.39, 0.29) is 30.3 Å². The molecule has 29 heavy (non-hydrogen) atoms. The molecule has 0 radical (unpaired) electrons. The topological polar surface area (TPSA) is 79.0 Å². The van der Waals surface area contributed by atoms with E-state index in [0.29, 0.717) is 30.1 Å². The molecular weight excluding hydrogens is 370 g/mol. The smallest absolute Gasteiger partial charge is 0.255 e. The highest BCUT2D eigenvalue weighted by Crippen LogP contribution is 2.25. The monoisotopic (exact) mass is 393 g/mol. The van der Waals surface area contributed by atoms with Gasteiger partial charge in [0.1, 0.15) is 18.3 Å². The van der Waals surface area contributed by atoms with Crippen LogP contribution in [0.4, 0.5) is 5.69 Å². The van der Waals surface area contributed by atoms with Crippen LogP contribution in [0.15, 0.2) is 48.5 Å². The number of nitrogens with zero attached hydrogens (tertiary/aromatic N) is 2. The average Bonchev–Trinajstić information content (AvgIpc) is 3.23. The predicted molar refractivity (Wildman–Crippen MR) is 108 cm³/mol. The third-order valence-corrected chi connectivity index (χ3v) is 5.44. The first-order chi connectivity index (χ1) is 14.1. The van der Waals surface area contributed by atoms with Crippen LogP contribution in [-0.4, -0.2) is 53.8 Å². The number of methoxy groups -OCH3 is 1. The van der Waals surface area contributed by atoms with Gasteiger partial charge in [-0.3, -0.25) is 14.4 Å². The largest absolute Gasteiger partial charge is 0.495 e. The number of anilines is 1. The number of nitrogens with one attached hydrogen (secondary N) is 1. The summed E-state index contributed by atoms with van der Waals surface area (Å²) in [6.45, 7) is 1.16. The first-order valence-corrected chi connectivity index (χ1v) is 9.68. The summed E-state index contributed by atoms with van der Waals surface area (Å²) < 4.78 is 5.25. The fourth-order valence-electron chi connectivity index (χ4n) is 3.92. The summed E-state index contributed by atoms with van der Waals surface area (Å²) in [6.07, 6.45) is 1.62. The van der Waals surface area contributed by atoms with E-state index in [0.717, 1.165) is 18.4 Å². The van der Waals surface area contributed by atoms with Crippen molar-refractivity contribution in [1.29, 1.82) is 0 Å². The van der Waals surface area contributed by atoms with E-state index in [2.05, 4.69) is 5.32 Å². The Morgan fingerprint density at radius 1 is 1.14 bits per heavy atom. The third kappa shape index (κ3) is 3.81. The number of benzene rings is 2. The lowest BCUT2D eigenvalue weighted by atomic mass is 10.1. The van der Waals surface area contributed by atoms with Crippen molar-refractivity contribution in [2.24, 2.45) is 0 Å². The summed E-state index contributed by atoms with van der Waals surface area (Å²) in [7, 11) is 1.55. The molecule has 0 saturated carbocycles. The number of carbonyl (C=O) groups excluding carboxylic acids is 3. The highest BCUT2D eigenvalue weighted by atomic mass is 16.5. The molecule has 7 nitrogen and oxygen atoms in total. The van der Waals surface area contributed by atoms with E-state index in [4.69, 9.17) is 4.74 Å². The molecule has 150 valence electrons. The number of carbonyl (C=O) groups is 3. The van der Waals surface area contributed by atoms with Crippen LogP contribution in [0, 0.1) is 0 Å². The van der Waals surface area contributed by atoms with E-state index < -0.39 is 0 Å². The number of fused-ring (bicyclic) bond motifs is 1. The quantitative estimate of drug-likeness (QED) is 0.845. The molecule has 2 aliphatic heterocycles. The molecule has 2 saturated heterocycles. The number of para-hydroxylation sites is 2. The van der Waals surface area contributed by atoms with E-state index in [1.165, 1.54) is 0 Å². The molecule has 2 aliphatic rings. The first-order valence-electron chi connectivity index (χ1n) is 9.68. The lowest BCUT2D eigenvalue weighted by Gasteiger charge is -2.36. The van der Waals surface area contributed by atoms with Gasteiger partial charge in [-0.25, -0.2) is 0 Å². The van der Waals surface area contributed by atoms with Gasteiger partial charge in [-0.15, -0.1) is 0 Å². The fraction of sp³-hybridized carbons (Fsp3) is 0.318. The summed E-state index contributed by atoms with van der Waals surface area (Å²) in [4.78, 5) is 40.7. The van der Waals surface area contributed by atoms with Crippen molar-refractivity contribution in [2.75, 3.05) is 25.5 Å². The minimum Gasteiger partial charge on any atom is -0.495 e. The zero-order valence-electron chi connectivity index (χ0n) is 16.3. The normalized spacial score (nSPS) is 18.6. The van der Waals surface area contributed by atoms with Crippen molar-refractivity contribution in [3.8, 4) is 5.75 Å². The minimum atomic E-state index is -0.304. The van der Waals surface area contributed by atoms with E-state index in [1.54, 1.807) is 41.2 Å². The summed E-state index contributed by atoms with van der Waals surface area (Å²) in [5.74, 6) is 0.374. The zero-order chi connectivity index (χ0) is 20.4. The number of piperazine rings is 1. The van der Waals surface area contributed by atoms with Crippen LogP contribution in [0.3, 0.4) is 0 Å². The summed E-state index contributed by atoms with van der Waals surface area (Å²) >= 11 is 0. The lowest BCUT2D eigenvalue weighted by molar-refractivity contribution is -0.154. The van der Waals surface area contributed by atoms with Crippen molar-refractivity contribution in [1.82, 2.24) is 9.80 Å². The SMILES string of the molecule is COc1ccccc1NC(=O)c1ccc(CN2CC(=O)N3CCC[C@@H]3C2=O)cc1. The molecule has 2 aromatic carbocycles. The number of hydrogen-bond acceptors (Lipinski definition) is 4. The number of rotatable bonds is 5. The van der Waals surface area contributed by atoms with Gasteiger partial charge in [-0.05, 0) is 42.7 Å². The Labute approximate surface area is 169 Å². The van der Waals surface area contributed by atoms with Gasteiger partial charge in [0.2, 0.25) is 11.8 Å². The Balaban J connectivity index is 1.42. The van der Waals surface area contributed by atoms with Crippen LogP contribution in [0.2, 0.25) is 0 Å². The molecule has 7 heteroatoms. The van der Waals surface area contributed by atoms with Crippen LogP contribution in [0.5, 0.6) is 5.75 Å². The molecule has 1 N–H and O–H groups in total. The van der Waals surface area contributed by atoms with E-state index >= 15 is 0 Å². The second-order valence-electron chi connectivity index (χ2n) is 7.29. The molecule has 1 atom stereocenters. The standard InChI is InChI=1S/C22H23N3O4/c1-29-19-7-3-2-5-17(19)23-21(27)16-10-8-15(9-11-16)13-24-14-20(26)25-12-4-6-18(25)22(24)28/h2-3,5,7-11,18H,4,6,12-14H2,1H3,(H,23,27)/t18-/m1/s1. The second kappa shape index (κ2) is 7.95. The van der Waals surface area contributed by atoms with Gasteiger partial charge in [0.05, 0.1) is 12.8 Å². The average molecular weight is 393 g/mol. The minimum absolute atomic E-state index is 0.0138. The molecule has 3 amide bonds. The van der Waals surface area contributed by atoms with E-state index in [9.17, 15) is 14.4 Å². The van der Waals surface area contributed by atoms with Gasteiger partial charge >= 0.3 is 0 Å². The second-order valence-corrected chi connectivity index (χ2v) is 7.29. The Morgan fingerprint density at radius 3 is 2.66 bits per heavy atom. The first kappa shape index (κ1) is 19.0. The van der Waals surface area contributed by atoms with Gasteiger partial charge in [0.25, 0.3) is 5.91 Å². The highest BCUT2D eigenvalue weighted by molar-refractivity contribution is 6.05. The van der Waals surface area contributed by atoms with Gasteiger partial charge in [0, 0.05) is 18.7 Å². The molecule has 0 spiro atoms. The summed E-state index contributed by atoms with van der Waals surface area (Å²) in [5, 5.41) is 2.84. The van der Waals surface area contributed by atoms with Crippen molar-refractivity contribution < 1.29 is 19.1 Å².